The lowest BCUT2D eigenvalue weighted by atomic mass is 9.91. The van der Waals surface area contributed by atoms with Crippen LogP contribution in [0.5, 0.6) is 0 Å². The van der Waals surface area contributed by atoms with Crippen molar-refractivity contribution in [2.45, 2.75) is 32.8 Å². The van der Waals surface area contributed by atoms with E-state index in [4.69, 9.17) is 4.74 Å². The summed E-state index contributed by atoms with van der Waals surface area (Å²) < 4.78 is 5.97. The Labute approximate surface area is 134 Å². The molecule has 0 amide bonds. The van der Waals surface area contributed by atoms with Crippen LogP contribution < -0.4 is 0 Å². The third-order valence-corrected chi connectivity index (χ3v) is 3.83. The molecule has 0 saturated carbocycles. The third kappa shape index (κ3) is 4.36. The summed E-state index contributed by atoms with van der Waals surface area (Å²) in [6.45, 7) is 10.4. The quantitative estimate of drug-likeness (QED) is 0.488. The van der Waals surface area contributed by atoms with E-state index in [1.807, 2.05) is 31.2 Å². The second-order valence-corrected chi connectivity index (χ2v) is 5.82. The Morgan fingerprint density at radius 3 is 2.27 bits per heavy atom. The van der Waals surface area contributed by atoms with Crippen LogP contribution in [0.25, 0.3) is 6.08 Å². The Balaban J connectivity index is 2.08. The SMILES string of the molecule is C=C(C)C(O/C=C/c1ccccc1)C(C)c1ccc(C)cc1. The molecule has 22 heavy (non-hydrogen) atoms. The molecule has 0 aliphatic carbocycles. The van der Waals surface area contributed by atoms with Crippen molar-refractivity contribution in [2.24, 2.45) is 0 Å². The highest BCUT2D eigenvalue weighted by molar-refractivity contribution is 5.47. The van der Waals surface area contributed by atoms with Crippen molar-refractivity contribution in [3.8, 4) is 0 Å². The van der Waals surface area contributed by atoms with Crippen molar-refractivity contribution in [1.29, 1.82) is 0 Å². The molecule has 0 aliphatic rings. The molecule has 0 N–H and O–H groups in total. The van der Waals surface area contributed by atoms with E-state index in [9.17, 15) is 0 Å². The van der Waals surface area contributed by atoms with E-state index < -0.39 is 0 Å². The molecule has 0 heterocycles. The minimum Gasteiger partial charge on any atom is -0.493 e. The summed E-state index contributed by atoms with van der Waals surface area (Å²) in [5, 5.41) is 0. The summed E-state index contributed by atoms with van der Waals surface area (Å²) >= 11 is 0. The smallest absolute Gasteiger partial charge is 0.125 e. The van der Waals surface area contributed by atoms with Gasteiger partial charge in [0, 0.05) is 5.92 Å². The first-order valence-electron chi connectivity index (χ1n) is 7.67. The lowest BCUT2D eigenvalue weighted by Gasteiger charge is -2.24. The first kappa shape index (κ1) is 16.1. The molecule has 0 aliphatic heterocycles. The van der Waals surface area contributed by atoms with Gasteiger partial charge in [-0.2, -0.15) is 0 Å². The zero-order chi connectivity index (χ0) is 15.9. The minimum atomic E-state index is -0.0253. The number of rotatable bonds is 6. The van der Waals surface area contributed by atoms with E-state index in [0.29, 0.717) is 0 Å². The maximum absolute atomic E-state index is 5.97. The second-order valence-electron chi connectivity index (χ2n) is 5.82. The highest BCUT2D eigenvalue weighted by atomic mass is 16.5. The highest BCUT2D eigenvalue weighted by Gasteiger charge is 2.20. The molecular weight excluding hydrogens is 268 g/mol. The van der Waals surface area contributed by atoms with Crippen molar-refractivity contribution in [3.63, 3.8) is 0 Å². The van der Waals surface area contributed by atoms with E-state index >= 15 is 0 Å². The number of ether oxygens (including phenoxy) is 1. The summed E-state index contributed by atoms with van der Waals surface area (Å²) in [6.07, 6.45) is 3.74. The molecule has 0 spiro atoms. The lowest BCUT2D eigenvalue weighted by Crippen LogP contribution is -2.19. The Morgan fingerprint density at radius 1 is 1.05 bits per heavy atom. The lowest BCUT2D eigenvalue weighted by molar-refractivity contribution is 0.156. The summed E-state index contributed by atoms with van der Waals surface area (Å²) in [5.74, 6) is 0.263. The fraction of sp³-hybridized carbons (Fsp3) is 0.238. The van der Waals surface area contributed by atoms with Gasteiger partial charge in [0.25, 0.3) is 0 Å². The Morgan fingerprint density at radius 2 is 1.68 bits per heavy atom. The third-order valence-electron chi connectivity index (χ3n) is 3.83. The summed E-state index contributed by atoms with van der Waals surface area (Å²) in [6, 6.07) is 18.8. The van der Waals surface area contributed by atoms with Crippen LogP contribution in [0.15, 0.2) is 73.0 Å². The molecule has 2 unspecified atom stereocenters. The van der Waals surface area contributed by atoms with Gasteiger partial charge in [0.15, 0.2) is 0 Å². The van der Waals surface area contributed by atoms with Gasteiger partial charge in [-0.05, 0) is 36.6 Å². The van der Waals surface area contributed by atoms with Crippen LogP contribution in [0.4, 0.5) is 0 Å². The van der Waals surface area contributed by atoms with Crippen molar-refractivity contribution in [1.82, 2.24) is 0 Å². The predicted octanol–water partition coefficient (Wildman–Crippen LogP) is 5.73. The number of hydrogen-bond acceptors (Lipinski definition) is 1. The van der Waals surface area contributed by atoms with Crippen LogP contribution in [0.3, 0.4) is 0 Å². The van der Waals surface area contributed by atoms with E-state index in [2.05, 4.69) is 56.8 Å². The van der Waals surface area contributed by atoms with Gasteiger partial charge in [0.1, 0.15) is 6.10 Å². The molecule has 0 aromatic heterocycles. The number of aryl methyl sites for hydroxylation is 1. The largest absolute Gasteiger partial charge is 0.493 e. The van der Waals surface area contributed by atoms with Crippen LogP contribution >= 0.6 is 0 Å². The van der Waals surface area contributed by atoms with Crippen molar-refractivity contribution in [3.05, 3.63) is 89.7 Å². The van der Waals surface area contributed by atoms with Crippen LogP contribution in [-0.2, 0) is 4.74 Å². The van der Waals surface area contributed by atoms with Gasteiger partial charge in [0.2, 0.25) is 0 Å². The van der Waals surface area contributed by atoms with Gasteiger partial charge in [-0.15, -0.1) is 0 Å². The molecule has 2 aromatic rings. The highest BCUT2D eigenvalue weighted by Crippen LogP contribution is 2.26. The van der Waals surface area contributed by atoms with Gasteiger partial charge in [-0.25, -0.2) is 0 Å². The minimum absolute atomic E-state index is 0.0253. The normalized spacial score (nSPS) is 13.8. The Kier molecular flexibility index (Phi) is 5.60. The first-order valence-corrected chi connectivity index (χ1v) is 7.67. The van der Waals surface area contributed by atoms with Crippen LogP contribution in [0.2, 0.25) is 0 Å². The Bertz CT molecular complexity index is 623. The molecule has 1 nitrogen and oxygen atoms in total. The van der Waals surface area contributed by atoms with E-state index in [1.54, 1.807) is 6.26 Å². The van der Waals surface area contributed by atoms with Gasteiger partial charge >= 0.3 is 0 Å². The molecule has 0 bridgehead atoms. The maximum Gasteiger partial charge on any atom is 0.125 e. The second kappa shape index (κ2) is 7.65. The standard InChI is InChI=1S/C21H24O/c1-16(2)21(18(4)20-12-10-17(3)11-13-20)22-15-14-19-8-6-5-7-9-19/h5-15,18,21H,1H2,2-4H3/b15-14+. The van der Waals surface area contributed by atoms with Crippen molar-refractivity contribution >= 4 is 6.08 Å². The predicted molar refractivity (Wildman–Crippen MR) is 94.8 cm³/mol. The zero-order valence-corrected chi connectivity index (χ0v) is 13.6. The molecule has 2 rings (SSSR count). The van der Waals surface area contributed by atoms with E-state index in [0.717, 1.165) is 11.1 Å². The average Bonchev–Trinajstić information content (AvgIpc) is 2.52. The van der Waals surface area contributed by atoms with Crippen molar-refractivity contribution < 1.29 is 4.74 Å². The van der Waals surface area contributed by atoms with Gasteiger partial charge in [0.05, 0.1) is 6.26 Å². The van der Waals surface area contributed by atoms with Gasteiger partial charge in [-0.1, -0.05) is 73.7 Å². The fourth-order valence-corrected chi connectivity index (χ4v) is 2.47. The molecule has 0 radical (unpaired) electrons. The molecule has 2 atom stereocenters. The summed E-state index contributed by atoms with van der Waals surface area (Å²) in [4.78, 5) is 0. The summed E-state index contributed by atoms with van der Waals surface area (Å²) in [5.41, 5.74) is 4.70. The van der Waals surface area contributed by atoms with Gasteiger partial charge in [-0.3, -0.25) is 0 Å². The summed E-state index contributed by atoms with van der Waals surface area (Å²) in [7, 11) is 0. The van der Waals surface area contributed by atoms with Crippen LogP contribution in [0.1, 0.15) is 36.5 Å². The molecule has 2 aromatic carbocycles. The molecule has 0 fully saturated rings. The Hall–Kier alpha value is -2.28. The first-order chi connectivity index (χ1) is 10.6. The molecule has 1 heteroatoms. The molecular formula is C21H24O. The molecule has 0 saturated heterocycles. The topological polar surface area (TPSA) is 9.23 Å². The zero-order valence-electron chi connectivity index (χ0n) is 13.6. The van der Waals surface area contributed by atoms with Crippen LogP contribution in [-0.4, -0.2) is 6.10 Å². The number of benzene rings is 2. The average molecular weight is 292 g/mol. The fourth-order valence-electron chi connectivity index (χ4n) is 2.47. The van der Waals surface area contributed by atoms with E-state index in [-0.39, 0.29) is 12.0 Å². The molecule has 114 valence electrons. The number of hydrogen-bond donors (Lipinski definition) is 0. The van der Waals surface area contributed by atoms with Crippen LogP contribution in [0, 0.1) is 6.92 Å². The van der Waals surface area contributed by atoms with Crippen molar-refractivity contribution in [2.75, 3.05) is 0 Å². The maximum atomic E-state index is 5.97. The monoisotopic (exact) mass is 292 g/mol. The van der Waals surface area contributed by atoms with E-state index in [1.165, 1.54) is 11.1 Å². The van der Waals surface area contributed by atoms with Gasteiger partial charge < -0.3 is 4.74 Å².